The molecule has 2 N–H and O–H groups in total. The van der Waals surface area contributed by atoms with Crippen molar-refractivity contribution in [2.75, 3.05) is 33.4 Å². The molecule has 0 aliphatic heterocycles. The Morgan fingerprint density at radius 3 is 2.83 bits per heavy atom. The Bertz CT molecular complexity index is 402. The summed E-state index contributed by atoms with van der Waals surface area (Å²) in [6.07, 6.45) is 0. The molecule has 4 nitrogen and oxygen atoms in total. The fraction of sp³-hybridized carbons (Fsp3) is 0.417. The second kappa shape index (κ2) is 8.39. The van der Waals surface area contributed by atoms with Crippen LogP contribution in [-0.2, 0) is 4.74 Å². The highest BCUT2D eigenvalue weighted by atomic mass is 127. The third-order valence-corrected chi connectivity index (χ3v) is 3.13. The van der Waals surface area contributed by atoms with Crippen LogP contribution in [0.15, 0.2) is 18.2 Å². The smallest absolute Gasteiger partial charge is 0.251 e. The van der Waals surface area contributed by atoms with Crippen LogP contribution in [0.1, 0.15) is 10.4 Å². The van der Waals surface area contributed by atoms with Crippen LogP contribution in [0, 0.1) is 9.39 Å². The van der Waals surface area contributed by atoms with Gasteiger partial charge in [-0.05, 0) is 40.8 Å². The van der Waals surface area contributed by atoms with Crippen molar-refractivity contribution >= 4 is 28.5 Å². The van der Waals surface area contributed by atoms with E-state index in [2.05, 4.69) is 10.6 Å². The quantitative estimate of drug-likeness (QED) is 0.567. The summed E-state index contributed by atoms with van der Waals surface area (Å²) in [5, 5.41) is 5.81. The van der Waals surface area contributed by atoms with E-state index in [1.54, 1.807) is 19.2 Å². The Balaban J connectivity index is 2.30. The average Bonchev–Trinajstić information content (AvgIpc) is 2.36. The van der Waals surface area contributed by atoms with E-state index in [0.717, 1.165) is 6.54 Å². The van der Waals surface area contributed by atoms with Crippen molar-refractivity contribution in [2.45, 2.75) is 0 Å². The van der Waals surface area contributed by atoms with E-state index in [-0.39, 0.29) is 11.7 Å². The van der Waals surface area contributed by atoms with Crippen molar-refractivity contribution in [1.29, 1.82) is 0 Å². The SMILES string of the molecule is COCCNCCNC(=O)c1ccc(I)c(F)c1. The first-order valence-electron chi connectivity index (χ1n) is 5.58. The summed E-state index contributed by atoms with van der Waals surface area (Å²) in [5.74, 6) is -0.639. The van der Waals surface area contributed by atoms with Crippen LogP contribution in [0.4, 0.5) is 4.39 Å². The Labute approximate surface area is 119 Å². The van der Waals surface area contributed by atoms with Gasteiger partial charge in [0, 0.05) is 35.9 Å². The fourth-order valence-electron chi connectivity index (χ4n) is 1.30. The van der Waals surface area contributed by atoms with Crippen LogP contribution < -0.4 is 10.6 Å². The maximum absolute atomic E-state index is 13.3. The van der Waals surface area contributed by atoms with Crippen LogP contribution in [0.5, 0.6) is 0 Å². The van der Waals surface area contributed by atoms with E-state index in [4.69, 9.17) is 4.74 Å². The summed E-state index contributed by atoms with van der Waals surface area (Å²) >= 11 is 1.88. The van der Waals surface area contributed by atoms with Crippen LogP contribution in [0.25, 0.3) is 0 Å². The monoisotopic (exact) mass is 366 g/mol. The molecule has 0 aliphatic rings. The van der Waals surface area contributed by atoms with Crippen molar-refractivity contribution in [3.63, 3.8) is 0 Å². The molecule has 1 aromatic rings. The van der Waals surface area contributed by atoms with E-state index >= 15 is 0 Å². The topological polar surface area (TPSA) is 50.4 Å². The lowest BCUT2D eigenvalue weighted by molar-refractivity contribution is 0.0953. The van der Waals surface area contributed by atoms with E-state index in [1.807, 2.05) is 22.6 Å². The van der Waals surface area contributed by atoms with E-state index < -0.39 is 0 Å². The second-order valence-electron chi connectivity index (χ2n) is 3.63. The molecule has 1 amide bonds. The summed E-state index contributed by atoms with van der Waals surface area (Å²) in [6.45, 7) is 2.53. The minimum Gasteiger partial charge on any atom is -0.383 e. The molecule has 1 rings (SSSR count). The highest BCUT2D eigenvalue weighted by Gasteiger charge is 2.07. The molecule has 1 aromatic carbocycles. The van der Waals surface area contributed by atoms with E-state index in [0.29, 0.717) is 28.8 Å². The zero-order valence-electron chi connectivity index (χ0n) is 10.1. The first-order chi connectivity index (χ1) is 8.65. The lowest BCUT2D eigenvalue weighted by Crippen LogP contribution is -2.33. The predicted molar refractivity (Wildman–Crippen MR) is 76.2 cm³/mol. The van der Waals surface area contributed by atoms with Crippen molar-refractivity contribution in [2.24, 2.45) is 0 Å². The normalized spacial score (nSPS) is 10.4. The lowest BCUT2D eigenvalue weighted by atomic mass is 10.2. The zero-order chi connectivity index (χ0) is 13.4. The number of ether oxygens (including phenoxy) is 1. The number of halogens is 2. The van der Waals surface area contributed by atoms with Gasteiger partial charge >= 0.3 is 0 Å². The van der Waals surface area contributed by atoms with Crippen LogP contribution in [0.3, 0.4) is 0 Å². The molecular weight excluding hydrogens is 350 g/mol. The van der Waals surface area contributed by atoms with Gasteiger partial charge in [-0.1, -0.05) is 0 Å². The van der Waals surface area contributed by atoms with Crippen LogP contribution in [-0.4, -0.2) is 39.3 Å². The molecule has 0 bridgehead atoms. The number of nitrogens with one attached hydrogen (secondary N) is 2. The summed E-state index contributed by atoms with van der Waals surface area (Å²) in [6, 6.07) is 4.44. The molecular formula is C12H16FIN2O2. The molecule has 100 valence electrons. The number of benzene rings is 1. The standard InChI is InChI=1S/C12H16FIN2O2/c1-18-7-6-15-4-5-16-12(17)9-2-3-11(14)10(13)8-9/h2-3,8,15H,4-7H2,1H3,(H,16,17). The number of methoxy groups -OCH3 is 1. The van der Waals surface area contributed by atoms with Gasteiger partial charge in [0.1, 0.15) is 5.82 Å². The number of hydrogen-bond acceptors (Lipinski definition) is 3. The predicted octanol–water partition coefficient (Wildman–Crippen LogP) is 1.40. The van der Waals surface area contributed by atoms with E-state index in [9.17, 15) is 9.18 Å². The molecule has 0 heterocycles. The average molecular weight is 366 g/mol. The van der Waals surface area contributed by atoms with Crippen molar-refractivity contribution in [1.82, 2.24) is 10.6 Å². The summed E-state index contributed by atoms with van der Waals surface area (Å²) in [4.78, 5) is 11.7. The molecule has 0 saturated heterocycles. The van der Waals surface area contributed by atoms with Gasteiger partial charge in [0.05, 0.1) is 6.61 Å². The Morgan fingerprint density at radius 1 is 1.39 bits per heavy atom. The maximum atomic E-state index is 13.3. The molecule has 0 radical (unpaired) electrons. The molecule has 0 aliphatic carbocycles. The summed E-state index contributed by atoms with van der Waals surface area (Å²) < 4.78 is 18.6. The number of carbonyl (C=O) groups is 1. The first-order valence-corrected chi connectivity index (χ1v) is 6.66. The fourth-order valence-corrected chi connectivity index (χ4v) is 1.64. The van der Waals surface area contributed by atoms with Crippen LogP contribution in [0.2, 0.25) is 0 Å². The van der Waals surface area contributed by atoms with E-state index in [1.165, 1.54) is 6.07 Å². The van der Waals surface area contributed by atoms with Gasteiger partial charge in [0.2, 0.25) is 0 Å². The van der Waals surface area contributed by atoms with Gasteiger partial charge in [-0.25, -0.2) is 4.39 Å². The van der Waals surface area contributed by atoms with Crippen molar-refractivity contribution in [3.8, 4) is 0 Å². The maximum Gasteiger partial charge on any atom is 0.251 e. The number of amides is 1. The van der Waals surface area contributed by atoms with Gasteiger partial charge in [0.15, 0.2) is 0 Å². The number of carbonyl (C=O) groups excluding carboxylic acids is 1. The highest BCUT2D eigenvalue weighted by Crippen LogP contribution is 2.12. The molecule has 0 saturated carbocycles. The minimum atomic E-state index is -0.374. The summed E-state index contributed by atoms with van der Waals surface area (Å²) in [7, 11) is 1.63. The number of hydrogen-bond donors (Lipinski definition) is 2. The van der Waals surface area contributed by atoms with Crippen LogP contribution >= 0.6 is 22.6 Å². The third kappa shape index (κ3) is 5.28. The third-order valence-electron chi connectivity index (χ3n) is 2.25. The van der Waals surface area contributed by atoms with Gasteiger partial charge in [-0.2, -0.15) is 0 Å². The molecule has 0 unspecified atom stereocenters. The Hall–Kier alpha value is -0.730. The molecule has 0 spiro atoms. The Morgan fingerprint density at radius 2 is 2.17 bits per heavy atom. The van der Waals surface area contributed by atoms with Crippen molar-refractivity contribution in [3.05, 3.63) is 33.1 Å². The number of rotatable bonds is 7. The van der Waals surface area contributed by atoms with Gasteiger partial charge < -0.3 is 15.4 Å². The van der Waals surface area contributed by atoms with Gasteiger partial charge in [0.25, 0.3) is 5.91 Å². The van der Waals surface area contributed by atoms with Crippen molar-refractivity contribution < 1.29 is 13.9 Å². The summed E-state index contributed by atoms with van der Waals surface area (Å²) in [5.41, 5.74) is 0.338. The Kier molecular flexibility index (Phi) is 7.14. The lowest BCUT2D eigenvalue weighted by Gasteiger charge is -2.07. The minimum absolute atomic E-state index is 0.265. The molecule has 18 heavy (non-hydrogen) atoms. The molecule has 0 atom stereocenters. The largest absolute Gasteiger partial charge is 0.383 e. The first kappa shape index (κ1) is 15.3. The zero-order valence-corrected chi connectivity index (χ0v) is 12.3. The molecule has 6 heteroatoms. The molecule has 0 aromatic heterocycles. The second-order valence-corrected chi connectivity index (χ2v) is 4.79. The highest BCUT2D eigenvalue weighted by molar-refractivity contribution is 14.1. The molecule has 0 fully saturated rings. The van der Waals surface area contributed by atoms with Gasteiger partial charge in [-0.15, -0.1) is 0 Å². The van der Waals surface area contributed by atoms with Gasteiger partial charge in [-0.3, -0.25) is 4.79 Å².